The number of alkyl halides is 3. The summed E-state index contributed by atoms with van der Waals surface area (Å²) in [6.45, 7) is 7.58. The maximum Gasteiger partial charge on any atom is 0.434 e. The Morgan fingerprint density at radius 2 is 1.92 bits per heavy atom. The molecule has 0 aliphatic rings. The van der Waals surface area contributed by atoms with E-state index in [4.69, 9.17) is 4.74 Å². The molecule has 0 bridgehead atoms. The van der Waals surface area contributed by atoms with Crippen molar-refractivity contribution in [3.63, 3.8) is 0 Å². The predicted octanol–water partition coefficient (Wildman–Crippen LogP) is 5.69. The van der Waals surface area contributed by atoms with E-state index < -0.39 is 11.9 Å². The van der Waals surface area contributed by atoms with E-state index >= 15 is 0 Å². The van der Waals surface area contributed by atoms with E-state index in [2.05, 4.69) is 26.3 Å². The fourth-order valence-electron chi connectivity index (χ4n) is 2.63. The largest absolute Gasteiger partial charge is 0.496 e. The fourth-order valence-corrected chi connectivity index (χ4v) is 3.24. The number of benzene rings is 1. The van der Waals surface area contributed by atoms with Crippen molar-refractivity contribution >= 4 is 27.4 Å². The standard InChI is InChI=1S/C17H21BrF3N3O/c1-9(2)8-24-15(17(19,20)21)13(18)16(23-24)22-14-10(3)6-7-12(25-5)11(14)4/h6-7,9H,8H2,1-5H3,(H,22,23). The highest BCUT2D eigenvalue weighted by Gasteiger charge is 2.39. The van der Waals surface area contributed by atoms with Gasteiger partial charge >= 0.3 is 6.18 Å². The van der Waals surface area contributed by atoms with Gasteiger partial charge in [-0.2, -0.15) is 18.3 Å². The number of nitrogens with zero attached hydrogens (tertiary/aromatic N) is 2. The van der Waals surface area contributed by atoms with Crippen LogP contribution in [0.25, 0.3) is 0 Å². The van der Waals surface area contributed by atoms with Crippen LogP contribution in [0.15, 0.2) is 16.6 Å². The number of rotatable bonds is 5. The molecule has 0 atom stereocenters. The van der Waals surface area contributed by atoms with Gasteiger partial charge in [-0.25, -0.2) is 0 Å². The Kier molecular flexibility index (Phi) is 5.71. The Balaban J connectivity index is 2.53. The van der Waals surface area contributed by atoms with E-state index in [0.29, 0.717) is 11.4 Å². The first kappa shape index (κ1) is 19.6. The number of methoxy groups -OCH3 is 1. The van der Waals surface area contributed by atoms with E-state index in [9.17, 15) is 13.2 Å². The molecule has 2 aromatic rings. The van der Waals surface area contributed by atoms with Crippen molar-refractivity contribution in [1.29, 1.82) is 0 Å². The van der Waals surface area contributed by atoms with Crippen LogP contribution in [-0.4, -0.2) is 16.9 Å². The number of nitrogens with one attached hydrogen (secondary N) is 1. The van der Waals surface area contributed by atoms with Crippen LogP contribution >= 0.6 is 15.9 Å². The summed E-state index contributed by atoms with van der Waals surface area (Å²) in [5.74, 6) is 0.815. The number of hydrogen-bond donors (Lipinski definition) is 1. The number of halogens is 4. The Hall–Kier alpha value is -1.70. The Labute approximate surface area is 153 Å². The second kappa shape index (κ2) is 7.27. The van der Waals surface area contributed by atoms with Gasteiger partial charge in [0.2, 0.25) is 0 Å². The molecule has 0 spiro atoms. The van der Waals surface area contributed by atoms with E-state index in [0.717, 1.165) is 15.8 Å². The lowest BCUT2D eigenvalue weighted by atomic mass is 10.1. The molecule has 25 heavy (non-hydrogen) atoms. The third-order valence-electron chi connectivity index (χ3n) is 3.79. The molecule has 0 unspecified atom stereocenters. The lowest BCUT2D eigenvalue weighted by Crippen LogP contribution is -2.17. The normalized spacial score (nSPS) is 11.9. The van der Waals surface area contributed by atoms with Gasteiger partial charge in [-0.3, -0.25) is 4.68 Å². The molecule has 2 rings (SSSR count). The average Bonchev–Trinajstić information content (AvgIpc) is 2.78. The quantitative estimate of drug-likeness (QED) is 0.676. The first-order chi connectivity index (χ1) is 11.6. The minimum atomic E-state index is -4.50. The van der Waals surface area contributed by atoms with Crippen LogP contribution < -0.4 is 10.1 Å². The first-order valence-corrected chi connectivity index (χ1v) is 8.60. The molecule has 1 heterocycles. The van der Waals surface area contributed by atoms with E-state index in [1.807, 2.05) is 39.8 Å². The van der Waals surface area contributed by atoms with Crippen molar-refractivity contribution in [3.8, 4) is 5.75 Å². The van der Waals surface area contributed by atoms with Crippen molar-refractivity contribution in [2.75, 3.05) is 12.4 Å². The second-order valence-electron chi connectivity index (χ2n) is 6.29. The Bertz CT molecular complexity index is 769. The van der Waals surface area contributed by atoms with Crippen LogP contribution in [0.2, 0.25) is 0 Å². The molecule has 1 aromatic carbocycles. The molecule has 0 radical (unpaired) electrons. The summed E-state index contributed by atoms with van der Waals surface area (Å²) >= 11 is 3.07. The molecule has 0 saturated carbocycles. The third-order valence-corrected chi connectivity index (χ3v) is 4.54. The van der Waals surface area contributed by atoms with Gasteiger partial charge in [0.15, 0.2) is 11.5 Å². The minimum absolute atomic E-state index is 0.0287. The summed E-state index contributed by atoms with van der Waals surface area (Å²) in [4.78, 5) is 0. The maximum absolute atomic E-state index is 13.5. The van der Waals surface area contributed by atoms with E-state index in [1.165, 1.54) is 0 Å². The molecule has 0 saturated heterocycles. The molecule has 0 amide bonds. The zero-order valence-electron chi connectivity index (χ0n) is 14.8. The number of hydrogen-bond acceptors (Lipinski definition) is 3. The van der Waals surface area contributed by atoms with Gasteiger partial charge in [-0.05, 0) is 47.3 Å². The average molecular weight is 420 g/mol. The Morgan fingerprint density at radius 3 is 2.44 bits per heavy atom. The fraction of sp³-hybridized carbons (Fsp3) is 0.471. The van der Waals surface area contributed by atoms with Crippen LogP contribution in [0.3, 0.4) is 0 Å². The van der Waals surface area contributed by atoms with Crippen LogP contribution in [0.5, 0.6) is 5.75 Å². The monoisotopic (exact) mass is 419 g/mol. The Morgan fingerprint density at radius 1 is 1.28 bits per heavy atom. The van der Waals surface area contributed by atoms with E-state index in [-0.39, 0.29) is 22.8 Å². The summed E-state index contributed by atoms with van der Waals surface area (Å²) in [5, 5.41) is 7.18. The number of aromatic nitrogens is 2. The summed E-state index contributed by atoms with van der Waals surface area (Å²) in [6.07, 6.45) is -4.50. The van der Waals surface area contributed by atoms with Crippen LogP contribution in [0, 0.1) is 19.8 Å². The number of anilines is 2. The molecule has 4 nitrogen and oxygen atoms in total. The zero-order valence-corrected chi connectivity index (χ0v) is 16.3. The zero-order chi connectivity index (χ0) is 18.9. The van der Waals surface area contributed by atoms with Gasteiger partial charge < -0.3 is 10.1 Å². The second-order valence-corrected chi connectivity index (χ2v) is 7.09. The predicted molar refractivity (Wildman–Crippen MR) is 95.5 cm³/mol. The number of ether oxygens (including phenoxy) is 1. The molecule has 0 aliphatic carbocycles. The van der Waals surface area contributed by atoms with Gasteiger partial charge in [0.25, 0.3) is 0 Å². The van der Waals surface area contributed by atoms with Crippen molar-refractivity contribution in [3.05, 3.63) is 33.4 Å². The van der Waals surface area contributed by atoms with Gasteiger partial charge in [0, 0.05) is 17.8 Å². The smallest absolute Gasteiger partial charge is 0.434 e. The molecule has 0 fully saturated rings. The van der Waals surface area contributed by atoms with Gasteiger partial charge in [0.1, 0.15) is 5.75 Å². The van der Waals surface area contributed by atoms with Crippen LogP contribution in [-0.2, 0) is 12.7 Å². The van der Waals surface area contributed by atoms with Crippen molar-refractivity contribution in [1.82, 2.24) is 9.78 Å². The lowest BCUT2D eigenvalue weighted by Gasteiger charge is -2.14. The van der Waals surface area contributed by atoms with Crippen molar-refractivity contribution < 1.29 is 17.9 Å². The molecule has 1 N–H and O–H groups in total. The third kappa shape index (κ3) is 4.11. The summed E-state index contributed by atoms with van der Waals surface area (Å²) in [5.41, 5.74) is 1.59. The van der Waals surface area contributed by atoms with Crippen molar-refractivity contribution in [2.45, 2.75) is 40.4 Å². The number of aryl methyl sites for hydroxylation is 1. The molecule has 0 aliphatic heterocycles. The lowest BCUT2D eigenvalue weighted by molar-refractivity contribution is -0.145. The maximum atomic E-state index is 13.5. The topological polar surface area (TPSA) is 39.1 Å². The highest BCUT2D eigenvalue weighted by molar-refractivity contribution is 9.10. The molecular formula is C17H21BrF3N3O. The van der Waals surface area contributed by atoms with Crippen LogP contribution in [0.4, 0.5) is 24.7 Å². The van der Waals surface area contributed by atoms with E-state index in [1.54, 1.807) is 7.11 Å². The SMILES string of the molecule is COc1ccc(C)c(Nc2nn(CC(C)C)c(C(F)(F)F)c2Br)c1C. The van der Waals surface area contributed by atoms with Gasteiger partial charge in [-0.15, -0.1) is 0 Å². The molecule has 1 aromatic heterocycles. The van der Waals surface area contributed by atoms with Gasteiger partial charge in [-0.1, -0.05) is 19.9 Å². The van der Waals surface area contributed by atoms with Gasteiger partial charge in [0.05, 0.1) is 11.6 Å². The highest BCUT2D eigenvalue weighted by atomic mass is 79.9. The molecule has 138 valence electrons. The van der Waals surface area contributed by atoms with Crippen molar-refractivity contribution in [2.24, 2.45) is 5.92 Å². The minimum Gasteiger partial charge on any atom is -0.496 e. The van der Waals surface area contributed by atoms with Crippen LogP contribution in [0.1, 0.15) is 30.7 Å². The highest BCUT2D eigenvalue weighted by Crippen LogP contribution is 2.41. The molecule has 8 heteroatoms. The molecular weight excluding hydrogens is 399 g/mol. The summed E-state index contributed by atoms with van der Waals surface area (Å²) in [7, 11) is 1.55. The summed E-state index contributed by atoms with van der Waals surface area (Å²) in [6, 6.07) is 3.67. The summed E-state index contributed by atoms with van der Waals surface area (Å²) < 4.78 is 46.5. The first-order valence-electron chi connectivity index (χ1n) is 7.81.